The molecule has 4 N–H and O–H groups in total. The van der Waals surface area contributed by atoms with E-state index in [1.165, 1.54) is 0 Å². The van der Waals surface area contributed by atoms with Crippen molar-refractivity contribution >= 4 is 11.7 Å². The fourth-order valence-corrected chi connectivity index (χ4v) is 6.36. The van der Waals surface area contributed by atoms with Crippen molar-refractivity contribution in [1.82, 2.24) is 5.32 Å². The van der Waals surface area contributed by atoms with E-state index in [1.54, 1.807) is 0 Å². The molecule has 0 radical (unpaired) electrons. The number of rotatable bonds is 3. The van der Waals surface area contributed by atoms with Crippen molar-refractivity contribution in [3.05, 3.63) is 86.5 Å². The molecule has 6 nitrogen and oxygen atoms in total. The van der Waals surface area contributed by atoms with Crippen molar-refractivity contribution in [3.8, 4) is 17.2 Å². The fourth-order valence-electron chi connectivity index (χ4n) is 6.36. The van der Waals surface area contributed by atoms with Crippen LogP contribution in [0, 0.1) is 0 Å². The maximum Gasteiger partial charge on any atom is 0.173 e. The second kappa shape index (κ2) is 12.7. The quantitative estimate of drug-likeness (QED) is 0.219. The lowest BCUT2D eigenvalue weighted by atomic mass is 9.78. The summed E-state index contributed by atoms with van der Waals surface area (Å²) in [6, 6.07) is 12.3. The summed E-state index contributed by atoms with van der Waals surface area (Å²) in [4.78, 5) is 10.4. The summed E-state index contributed by atoms with van der Waals surface area (Å²) < 4.78 is 0. The Morgan fingerprint density at radius 1 is 0.412 bits per heavy atom. The van der Waals surface area contributed by atoms with Gasteiger partial charge < -0.3 is 20.6 Å². The Morgan fingerprint density at radius 3 is 1.00 bits per heavy atom. The molecule has 0 spiro atoms. The predicted molar refractivity (Wildman–Crippen MR) is 215 cm³/mol. The van der Waals surface area contributed by atoms with Gasteiger partial charge in [0.1, 0.15) is 28.9 Å². The Morgan fingerprint density at radius 2 is 0.706 bits per heavy atom. The van der Waals surface area contributed by atoms with Gasteiger partial charge in [-0.15, -0.1) is 0 Å². The molecule has 0 saturated carbocycles. The van der Waals surface area contributed by atoms with Crippen LogP contribution < -0.4 is 5.32 Å². The molecule has 0 aromatic heterocycles. The van der Waals surface area contributed by atoms with Crippen LogP contribution in [0.15, 0.2) is 46.4 Å². The van der Waals surface area contributed by atoms with E-state index in [1.807, 2.05) is 18.2 Å². The van der Waals surface area contributed by atoms with Crippen LogP contribution in [-0.4, -0.2) is 27.0 Å². The summed E-state index contributed by atoms with van der Waals surface area (Å²) in [5.74, 6) is 1.30. The number of hydrogen-bond acceptors (Lipinski definition) is 6. The second-order valence-corrected chi connectivity index (χ2v) is 20.8. The number of aromatic hydroxyl groups is 3. The average molecular weight is 696 g/mol. The van der Waals surface area contributed by atoms with Crippen LogP contribution >= 0.6 is 0 Å². The first-order valence-corrected chi connectivity index (χ1v) is 18.4. The van der Waals surface area contributed by atoms with Crippen molar-refractivity contribution in [2.24, 2.45) is 9.98 Å². The van der Waals surface area contributed by atoms with Crippen molar-refractivity contribution < 1.29 is 15.3 Å². The van der Waals surface area contributed by atoms with Crippen molar-refractivity contribution in [3.63, 3.8) is 0 Å². The third-order valence-corrected chi connectivity index (χ3v) is 9.91. The first-order valence-electron chi connectivity index (χ1n) is 18.4. The molecule has 0 bridgehead atoms. The number of phenolic OH excluding ortho intramolecular Hbond substituents is 3. The monoisotopic (exact) mass is 696 g/mol. The zero-order valence-electron chi connectivity index (χ0n) is 34.8. The topological polar surface area (TPSA) is 97.4 Å². The third-order valence-electron chi connectivity index (χ3n) is 9.91. The van der Waals surface area contributed by atoms with Crippen LogP contribution in [0.5, 0.6) is 17.2 Å². The van der Waals surface area contributed by atoms with E-state index < -0.39 is 6.17 Å². The largest absolute Gasteiger partial charge is 0.507 e. The highest BCUT2D eigenvalue weighted by Gasteiger charge is 2.34. The summed E-state index contributed by atoms with van der Waals surface area (Å²) in [6.07, 6.45) is -0.869. The summed E-state index contributed by atoms with van der Waals surface area (Å²) >= 11 is 0. The molecule has 278 valence electrons. The molecule has 3 aromatic rings. The van der Waals surface area contributed by atoms with Crippen LogP contribution in [0.3, 0.4) is 0 Å². The lowest BCUT2D eigenvalue weighted by Gasteiger charge is -2.32. The molecule has 0 aliphatic carbocycles. The summed E-state index contributed by atoms with van der Waals surface area (Å²) in [6.45, 7) is 38.3. The van der Waals surface area contributed by atoms with E-state index in [9.17, 15) is 15.3 Å². The first-order chi connectivity index (χ1) is 22.8. The third kappa shape index (κ3) is 8.31. The molecular formula is C45H65N3O3. The Hall–Kier alpha value is -3.80. The van der Waals surface area contributed by atoms with Gasteiger partial charge in [0.15, 0.2) is 6.17 Å². The average Bonchev–Trinajstić information content (AvgIpc) is 2.93. The van der Waals surface area contributed by atoms with Gasteiger partial charge >= 0.3 is 0 Å². The number of nitrogens with one attached hydrogen (secondary N) is 1. The Balaban J connectivity index is 2.18. The van der Waals surface area contributed by atoms with Gasteiger partial charge in [-0.1, -0.05) is 143 Å². The number of phenols is 3. The zero-order chi connectivity index (χ0) is 39.0. The van der Waals surface area contributed by atoms with E-state index in [4.69, 9.17) is 9.98 Å². The molecule has 0 atom stereocenters. The Labute approximate surface area is 308 Å². The van der Waals surface area contributed by atoms with E-state index >= 15 is 0 Å². The molecule has 3 aromatic carbocycles. The van der Waals surface area contributed by atoms with E-state index in [0.29, 0.717) is 28.4 Å². The van der Waals surface area contributed by atoms with Crippen molar-refractivity contribution in [1.29, 1.82) is 0 Å². The molecule has 1 heterocycles. The molecule has 4 rings (SSSR count). The number of nitrogens with zero attached hydrogens (tertiary/aromatic N) is 2. The second-order valence-electron chi connectivity index (χ2n) is 20.8. The van der Waals surface area contributed by atoms with Gasteiger partial charge in [-0.25, -0.2) is 9.98 Å². The summed E-state index contributed by atoms with van der Waals surface area (Å²) in [5, 5.41) is 39.6. The van der Waals surface area contributed by atoms with Gasteiger partial charge in [0.2, 0.25) is 0 Å². The van der Waals surface area contributed by atoms with Gasteiger partial charge in [-0.2, -0.15) is 0 Å². The molecule has 6 heteroatoms. The fraction of sp³-hybridized carbons (Fsp3) is 0.556. The van der Waals surface area contributed by atoms with Crippen LogP contribution in [0.1, 0.15) is 181 Å². The lowest BCUT2D eigenvalue weighted by molar-refractivity contribution is 0.433. The highest BCUT2D eigenvalue weighted by molar-refractivity contribution is 6.18. The maximum atomic E-state index is 12.0. The number of benzene rings is 3. The van der Waals surface area contributed by atoms with Crippen molar-refractivity contribution in [2.45, 2.75) is 163 Å². The van der Waals surface area contributed by atoms with Gasteiger partial charge in [0.25, 0.3) is 0 Å². The van der Waals surface area contributed by atoms with Crippen LogP contribution in [0.2, 0.25) is 0 Å². The molecule has 0 amide bonds. The van der Waals surface area contributed by atoms with E-state index in [0.717, 1.165) is 33.4 Å². The molecule has 0 fully saturated rings. The minimum atomic E-state index is -0.869. The smallest absolute Gasteiger partial charge is 0.173 e. The highest BCUT2D eigenvalue weighted by atomic mass is 16.3. The number of aliphatic imine (C=N–C) groups is 2. The minimum absolute atomic E-state index is 0.146. The minimum Gasteiger partial charge on any atom is -0.507 e. The van der Waals surface area contributed by atoms with Gasteiger partial charge in [-0.3, -0.25) is 0 Å². The maximum absolute atomic E-state index is 12.0. The van der Waals surface area contributed by atoms with Crippen LogP contribution in [0.25, 0.3) is 0 Å². The standard InChI is InChI=1S/C45H65N3O3/c1-40(2,3)25-19-28(34(49)31(22-25)43(10,11)12)37-46-38(29-20-26(41(4,5)6)23-32(35(29)50)44(13,14)15)48-39(47-37)30-21-27(42(7,8)9)24-33(36(30)51)45(16,17)18/h19-24,37,49-51H,1-18H3,(H,46,47,48). The Bertz CT molecular complexity index is 1790. The summed E-state index contributed by atoms with van der Waals surface area (Å²) in [7, 11) is 0. The van der Waals surface area contributed by atoms with Gasteiger partial charge in [0.05, 0.1) is 11.1 Å². The lowest BCUT2D eigenvalue weighted by Crippen LogP contribution is -2.37. The van der Waals surface area contributed by atoms with E-state index in [-0.39, 0.29) is 49.7 Å². The van der Waals surface area contributed by atoms with Crippen LogP contribution in [0.4, 0.5) is 0 Å². The summed E-state index contributed by atoms with van der Waals surface area (Å²) in [5.41, 5.74) is 5.61. The van der Waals surface area contributed by atoms with E-state index in [2.05, 4.69) is 148 Å². The molecular weight excluding hydrogens is 631 g/mol. The van der Waals surface area contributed by atoms with Gasteiger partial charge in [0, 0.05) is 16.7 Å². The normalized spacial score (nSPS) is 15.4. The molecule has 0 unspecified atom stereocenters. The van der Waals surface area contributed by atoms with Crippen LogP contribution in [-0.2, 0) is 32.5 Å². The molecule has 51 heavy (non-hydrogen) atoms. The highest BCUT2D eigenvalue weighted by Crippen LogP contribution is 2.45. The molecule has 1 aliphatic rings. The SMILES string of the molecule is CC(C)(C)c1cc(C2=NC(c3cc(C(C)(C)C)cc(C(C)(C)C)c3O)N=C(c3cc(C(C)(C)C)cc(C(C)(C)C)c3O)N2)c(O)c(C(C)(C)C)c1. The van der Waals surface area contributed by atoms with Crippen molar-refractivity contribution in [2.75, 3.05) is 0 Å². The zero-order valence-corrected chi connectivity index (χ0v) is 34.8. The molecule has 0 saturated heterocycles. The van der Waals surface area contributed by atoms with Gasteiger partial charge in [-0.05, 0) is 72.9 Å². The number of amidine groups is 2. The number of hydrogen-bond donors (Lipinski definition) is 4. The Kier molecular flexibility index (Phi) is 9.96. The first kappa shape index (κ1) is 40.0. The predicted octanol–water partition coefficient (Wildman–Crippen LogP) is 11.1. The molecule has 1 aliphatic heterocycles.